The molecule has 0 rings (SSSR count). The van der Waals surface area contributed by atoms with Crippen LogP contribution in [0.3, 0.4) is 0 Å². The molecule has 0 aliphatic heterocycles. The Morgan fingerprint density at radius 1 is 1.22 bits per heavy atom. The lowest BCUT2D eigenvalue weighted by Crippen LogP contribution is -2.50. The van der Waals surface area contributed by atoms with Crippen molar-refractivity contribution in [3.63, 3.8) is 0 Å². The van der Waals surface area contributed by atoms with Crippen LogP contribution in [-0.4, -0.2) is 54.3 Å². The highest BCUT2D eigenvalue weighted by molar-refractivity contribution is 5.83. The number of hydrogen-bond acceptors (Lipinski definition) is 4. The lowest BCUT2D eigenvalue weighted by Gasteiger charge is -2.28. The molecule has 3 N–H and O–H groups in total. The summed E-state index contributed by atoms with van der Waals surface area (Å²) in [6, 6.07) is -0.348. The fourth-order valence-electron chi connectivity index (χ4n) is 1.92. The van der Waals surface area contributed by atoms with Gasteiger partial charge in [-0.15, -0.1) is 0 Å². The van der Waals surface area contributed by atoms with Crippen LogP contribution < -0.4 is 11.3 Å². The highest BCUT2D eigenvalue weighted by Gasteiger charge is 2.24. The van der Waals surface area contributed by atoms with E-state index in [1.807, 2.05) is 20.8 Å². The van der Waals surface area contributed by atoms with Gasteiger partial charge >= 0.3 is 0 Å². The summed E-state index contributed by atoms with van der Waals surface area (Å²) in [5, 5.41) is 0. The molecule has 6 nitrogen and oxygen atoms in total. The number of rotatable bonds is 8. The van der Waals surface area contributed by atoms with E-state index < -0.39 is 0 Å². The van der Waals surface area contributed by atoms with E-state index in [9.17, 15) is 9.59 Å². The van der Waals surface area contributed by atoms with Crippen molar-refractivity contribution in [1.82, 2.24) is 15.2 Å². The molecule has 0 aliphatic carbocycles. The molecule has 0 bridgehead atoms. The first kappa shape index (κ1) is 16.9. The Morgan fingerprint density at radius 2 is 1.78 bits per heavy atom. The predicted molar refractivity (Wildman–Crippen MR) is 71.6 cm³/mol. The lowest BCUT2D eigenvalue weighted by molar-refractivity contribution is -0.134. The Morgan fingerprint density at radius 3 is 2.17 bits per heavy atom. The molecule has 1 atom stereocenters. The summed E-state index contributed by atoms with van der Waals surface area (Å²) in [5.41, 5.74) is 2.16. The van der Waals surface area contributed by atoms with Crippen molar-refractivity contribution >= 4 is 11.8 Å². The minimum Gasteiger partial charge on any atom is -0.342 e. The van der Waals surface area contributed by atoms with Crippen LogP contribution in [0.1, 0.15) is 33.6 Å². The molecule has 0 aliphatic rings. The first-order valence-corrected chi connectivity index (χ1v) is 6.50. The van der Waals surface area contributed by atoms with Gasteiger partial charge in [-0.25, -0.2) is 5.84 Å². The van der Waals surface area contributed by atoms with Crippen molar-refractivity contribution in [2.75, 3.05) is 26.7 Å². The van der Waals surface area contributed by atoms with E-state index in [0.29, 0.717) is 19.5 Å². The molecule has 1 unspecified atom stereocenters. The third kappa shape index (κ3) is 5.01. The van der Waals surface area contributed by atoms with E-state index in [2.05, 4.69) is 5.43 Å². The largest absolute Gasteiger partial charge is 0.342 e. The van der Waals surface area contributed by atoms with Crippen molar-refractivity contribution in [3.05, 3.63) is 0 Å². The van der Waals surface area contributed by atoms with Crippen LogP contribution >= 0.6 is 0 Å². The van der Waals surface area contributed by atoms with Gasteiger partial charge in [0.1, 0.15) is 0 Å². The molecule has 0 aromatic carbocycles. The third-order valence-corrected chi connectivity index (χ3v) is 3.04. The van der Waals surface area contributed by atoms with Crippen molar-refractivity contribution < 1.29 is 9.59 Å². The maximum atomic E-state index is 12.0. The molecule has 6 heteroatoms. The minimum absolute atomic E-state index is 0.0356. The number of likely N-dealkylation sites (N-methyl/N-ethyl adjacent to an activating group) is 2. The van der Waals surface area contributed by atoms with Gasteiger partial charge in [0.25, 0.3) is 5.91 Å². The van der Waals surface area contributed by atoms with Gasteiger partial charge < -0.3 is 4.90 Å². The van der Waals surface area contributed by atoms with Crippen LogP contribution in [0.15, 0.2) is 0 Å². The second kappa shape index (κ2) is 8.88. The molecule has 0 spiro atoms. The number of nitrogens with two attached hydrogens (primary N) is 1. The molecule has 0 saturated carbocycles. The smallest absolute Gasteiger partial charge is 0.251 e. The highest BCUT2D eigenvalue weighted by Crippen LogP contribution is 2.06. The quantitative estimate of drug-likeness (QED) is 0.363. The number of carbonyl (C=O) groups excluding carboxylic acids is 2. The van der Waals surface area contributed by atoms with Gasteiger partial charge in [0.2, 0.25) is 5.91 Å². The molecular weight excluding hydrogens is 232 g/mol. The summed E-state index contributed by atoms with van der Waals surface area (Å²) < 4.78 is 0. The number of nitrogens with zero attached hydrogens (tertiary/aromatic N) is 2. The van der Waals surface area contributed by atoms with E-state index in [4.69, 9.17) is 5.84 Å². The number of hydrogen-bond donors (Lipinski definition) is 2. The van der Waals surface area contributed by atoms with Gasteiger partial charge in [-0.2, -0.15) is 0 Å². The molecule has 0 heterocycles. The van der Waals surface area contributed by atoms with Gasteiger partial charge in [0.05, 0.1) is 12.6 Å². The standard InChI is InChI=1S/C12H26N4O2/c1-5-8-10(12(18)14-13)15(4)9-11(17)16(6-2)7-3/h10H,5-9,13H2,1-4H3,(H,14,18). The van der Waals surface area contributed by atoms with Crippen LogP contribution in [0.25, 0.3) is 0 Å². The Balaban J connectivity index is 4.54. The molecule has 0 fully saturated rings. The fraction of sp³-hybridized carbons (Fsp3) is 0.833. The summed E-state index contributed by atoms with van der Waals surface area (Å²) >= 11 is 0. The van der Waals surface area contributed by atoms with Crippen LogP contribution in [-0.2, 0) is 9.59 Å². The second-order valence-electron chi connectivity index (χ2n) is 4.29. The molecule has 0 radical (unpaired) electrons. The van der Waals surface area contributed by atoms with Gasteiger partial charge in [-0.3, -0.25) is 19.9 Å². The van der Waals surface area contributed by atoms with Gasteiger partial charge in [0.15, 0.2) is 0 Å². The molecule has 0 saturated heterocycles. The van der Waals surface area contributed by atoms with Crippen molar-refractivity contribution in [2.24, 2.45) is 5.84 Å². The van der Waals surface area contributed by atoms with E-state index in [1.165, 1.54) is 0 Å². The number of amides is 2. The monoisotopic (exact) mass is 258 g/mol. The molecule has 106 valence electrons. The Hall–Kier alpha value is -1.14. The van der Waals surface area contributed by atoms with Gasteiger partial charge in [-0.05, 0) is 27.3 Å². The molecule has 18 heavy (non-hydrogen) atoms. The summed E-state index contributed by atoms with van der Waals surface area (Å²) in [5.74, 6) is 4.95. The predicted octanol–water partition coefficient (Wildman–Crippen LogP) is -0.0548. The van der Waals surface area contributed by atoms with Crippen LogP contribution in [0.2, 0.25) is 0 Å². The zero-order valence-electron chi connectivity index (χ0n) is 11.9. The van der Waals surface area contributed by atoms with Crippen molar-refractivity contribution in [1.29, 1.82) is 0 Å². The van der Waals surface area contributed by atoms with E-state index >= 15 is 0 Å². The summed E-state index contributed by atoms with van der Waals surface area (Å²) in [6.45, 7) is 7.49. The first-order valence-electron chi connectivity index (χ1n) is 6.50. The molecular formula is C12H26N4O2. The van der Waals surface area contributed by atoms with E-state index in [1.54, 1.807) is 16.8 Å². The number of nitrogens with one attached hydrogen (secondary N) is 1. The molecule has 0 aromatic heterocycles. The zero-order valence-corrected chi connectivity index (χ0v) is 11.9. The maximum absolute atomic E-state index is 12.0. The molecule has 2 amide bonds. The van der Waals surface area contributed by atoms with Crippen LogP contribution in [0.4, 0.5) is 0 Å². The average molecular weight is 258 g/mol. The Labute approximate surface area is 109 Å². The lowest BCUT2D eigenvalue weighted by atomic mass is 10.1. The van der Waals surface area contributed by atoms with Crippen molar-refractivity contribution in [3.8, 4) is 0 Å². The SMILES string of the molecule is CCCC(C(=O)NN)N(C)CC(=O)N(CC)CC. The Bertz CT molecular complexity index is 267. The van der Waals surface area contributed by atoms with E-state index in [0.717, 1.165) is 6.42 Å². The average Bonchev–Trinajstić information content (AvgIpc) is 2.36. The zero-order chi connectivity index (χ0) is 14.1. The summed E-state index contributed by atoms with van der Waals surface area (Å²) in [4.78, 5) is 27.1. The Kier molecular flexibility index (Phi) is 8.32. The van der Waals surface area contributed by atoms with Crippen LogP contribution in [0.5, 0.6) is 0 Å². The summed E-state index contributed by atoms with van der Waals surface area (Å²) in [7, 11) is 1.77. The fourth-order valence-corrected chi connectivity index (χ4v) is 1.92. The minimum atomic E-state index is -0.348. The maximum Gasteiger partial charge on any atom is 0.251 e. The highest BCUT2D eigenvalue weighted by atomic mass is 16.2. The van der Waals surface area contributed by atoms with Crippen molar-refractivity contribution in [2.45, 2.75) is 39.7 Å². The second-order valence-corrected chi connectivity index (χ2v) is 4.29. The van der Waals surface area contributed by atoms with E-state index in [-0.39, 0.29) is 24.4 Å². The number of hydrazine groups is 1. The van der Waals surface area contributed by atoms with Crippen LogP contribution in [0, 0.1) is 0 Å². The van der Waals surface area contributed by atoms with Gasteiger partial charge in [0, 0.05) is 13.1 Å². The number of carbonyl (C=O) groups is 2. The summed E-state index contributed by atoms with van der Waals surface area (Å²) in [6.07, 6.45) is 1.55. The third-order valence-electron chi connectivity index (χ3n) is 3.04. The van der Waals surface area contributed by atoms with Gasteiger partial charge in [-0.1, -0.05) is 13.3 Å². The topological polar surface area (TPSA) is 78.7 Å². The molecule has 0 aromatic rings. The first-order chi connectivity index (χ1) is 8.51. The normalized spacial score (nSPS) is 12.3.